The van der Waals surface area contributed by atoms with Gasteiger partial charge >= 0.3 is 6.03 Å². The van der Waals surface area contributed by atoms with Gasteiger partial charge in [-0.05, 0) is 49.3 Å². The van der Waals surface area contributed by atoms with Crippen molar-refractivity contribution in [2.45, 2.75) is 77.9 Å². The Morgan fingerprint density at radius 3 is 2.14 bits per heavy atom. The molecule has 2 rings (SSSR count). The van der Waals surface area contributed by atoms with Crippen molar-refractivity contribution < 1.29 is 28.7 Å². The number of ketones is 1. The van der Waals surface area contributed by atoms with Crippen LogP contribution in [0.1, 0.15) is 64.9 Å². The van der Waals surface area contributed by atoms with Crippen LogP contribution in [-0.2, 0) is 20.9 Å². The van der Waals surface area contributed by atoms with Crippen molar-refractivity contribution in [2.24, 2.45) is 10.9 Å². The third-order valence-electron chi connectivity index (χ3n) is 5.90. The minimum Gasteiger partial charge on any atom is -0.497 e. The van der Waals surface area contributed by atoms with E-state index < -0.39 is 29.7 Å². The summed E-state index contributed by atoms with van der Waals surface area (Å²) >= 11 is 0. The molecular formula is C26H38N4O6. The van der Waals surface area contributed by atoms with E-state index in [0.29, 0.717) is 17.1 Å². The zero-order valence-corrected chi connectivity index (χ0v) is 21.8. The summed E-state index contributed by atoms with van der Waals surface area (Å²) < 4.78 is 10.4. The quantitative estimate of drug-likeness (QED) is 0.297. The molecule has 1 aliphatic carbocycles. The Morgan fingerprint density at radius 2 is 1.61 bits per heavy atom. The molecule has 0 aromatic heterocycles. The van der Waals surface area contributed by atoms with Crippen molar-refractivity contribution in [2.75, 3.05) is 14.2 Å². The van der Waals surface area contributed by atoms with Crippen LogP contribution in [0.25, 0.3) is 0 Å². The Kier molecular flexibility index (Phi) is 11.4. The first-order chi connectivity index (χ1) is 17.2. The molecule has 0 heterocycles. The Balaban J connectivity index is 2.03. The number of Topliss-reactive ketones (excluding diaryl/α,β-unsaturated/α-hetero) is 1. The van der Waals surface area contributed by atoms with Gasteiger partial charge in [-0.2, -0.15) is 4.99 Å². The second-order valence-corrected chi connectivity index (χ2v) is 9.29. The first-order valence-corrected chi connectivity index (χ1v) is 12.4. The molecule has 198 valence electrons. The van der Waals surface area contributed by atoms with E-state index in [2.05, 4.69) is 20.9 Å². The number of amides is 4. The average molecular weight is 503 g/mol. The lowest BCUT2D eigenvalue weighted by Gasteiger charge is -2.17. The van der Waals surface area contributed by atoms with Crippen LogP contribution >= 0.6 is 0 Å². The zero-order chi connectivity index (χ0) is 26.7. The average Bonchev–Trinajstić information content (AvgIpc) is 3.37. The lowest BCUT2D eigenvalue weighted by molar-refractivity contribution is -0.139. The van der Waals surface area contributed by atoms with Gasteiger partial charge in [0.2, 0.25) is 5.78 Å². The normalized spacial score (nSPS) is 14.8. The van der Waals surface area contributed by atoms with Gasteiger partial charge in [0.25, 0.3) is 11.8 Å². The van der Waals surface area contributed by atoms with Crippen LogP contribution in [0.3, 0.4) is 0 Å². The van der Waals surface area contributed by atoms with Gasteiger partial charge in [-0.15, -0.1) is 0 Å². The number of nitrogens with zero attached hydrogens (tertiary/aromatic N) is 1. The predicted octanol–water partition coefficient (Wildman–Crippen LogP) is 2.92. The Labute approximate surface area is 212 Å². The smallest absolute Gasteiger partial charge is 0.341 e. The maximum Gasteiger partial charge on any atom is 0.341 e. The highest BCUT2D eigenvalue weighted by Gasteiger charge is 2.28. The molecule has 4 amide bonds. The molecule has 0 aliphatic heterocycles. The van der Waals surface area contributed by atoms with Crippen molar-refractivity contribution in [3.8, 4) is 11.5 Å². The van der Waals surface area contributed by atoms with Gasteiger partial charge in [0.1, 0.15) is 17.2 Å². The number of carbonyl (C=O) groups is 4. The number of hydrogen-bond acceptors (Lipinski definition) is 6. The van der Waals surface area contributed by atoms with E-state index in [0.717, 1.165) is 25.7 Å². The summed E-state index contributed by atoms with van der Waals surface area (Å²) in [6, 6.07) is 3.60. The fourth-order valence-corrected chi connectivity index (χ4v) is 3.97. The van der Waals surface area contributed by atoms with Gasteiger partial charge in [-0.25, -0.2) is 4.79 Å². The number of urea groups is 1. The van der Waals surface area contributed by atoms with Crippen molar-refractivity contribution in [1.29, 1.82) is 0 Å². The maximum atomic E-state index is 12.9. The topological polar surface area (TPSA) is 135 Å². The number of hydrogen-bond donors (Lipinski definition) is 3. The predicted molar refractivity (Wildman–Crippen MR) is 136 cm³/mol. The van der Waals surface area contributed by atoms with E-state index in [1.54, 1.807) is 25.1 Å². The molecule has 0 bridgehead atoms. The number of nitrogens with one attached hydrogen (secondary N) is 3. The minimum absolute atomic E-state index is 0.0376. The van der Waals surface area contributed by atoms with Crippen molar-refractivity contribution in [1.82, 2.24) is 16.0 Å². The van der Waals surface area contributed by atoms with Gasteiger partial charge in [0, 0.05) is 18.7 Å². The van der Waals surface area contributed by atoms with Crippen LogP contribution in [0.15, 0.2) is 23.2 Å². The van der Waals surface area contributed by atoms with E-state index in [9.17, 15) is 19.2 Å². The molecule has 10 heteroatoms. The second-order valence-electron chi connectivity index (χ2n) is 9.29. The van der Waals surface area contributed by atoms with E-state index >= 15 is 0 Å². The molecule has 10 nitrogen and oxygen atoms in total. The lowest BCUT2D eigenvalue weighted by atomic mass is 10.0. The van der Waals surface area contributed by atoms with Gasteiger partial charge in [0.15, 0.2) is 0 Å². The zero-order valence-electron chi connectivity index (χ0n) is 21.8. The monoisotopic (exact) mass is 502 g/mol. The highest BCUT2D eigenvalue weighted by atomic mass is 16.5. The molecule has 1 atom stereocenters. The Hall–Kier alpha value is -3.43. The Morgan fingerprint density at radius 1 is 1.00 bits per heavy atom. The van der Waals surface area contributed by atoms with E-state index in [1.807, 2.05) is 13.8 Å². The van der Waals surface area contributed by atoms with Gasteiger partial charge in [-0.1, -0.05) is 33.6 Å². The molecule has 1 aromatic rings. The molecule has 36 heavy (non-hydrogen) atoms. The number of methoxy groups -OCH3 is 2. The van der Waals surface area contributed by atoms with Crippen LogP contribution in [0, 0.1) is 5.92 Å². The van der Waals surface area contributed by atoms with Crippen LogP contribution in [0.4, 0.5) is 4.79 Å². The summed E-state index contributed by atoms with van der Waals surface area (Å²) in [6.45, 7) is 5.57. The first-order valence-electron chi connectivity index (χ1n) is 12.4. The molecule has 1 aliphatic rings. The number of ether oxygens (including phenoxy) is 2. The maximum absolute atomic E-state index is 12.9. The third kappa shape index (κ3) is 8.98. The lowest BCUT2D eigenvalue weighted by Crippen LogP contribution is -2.49. The summed E-state index contributed by atoms with van der Waals surface area (Å²) in [4.78, 5) is 54.6. The summed E-state index contributed by atoms with van der Waals surface area (Å²) in [5.41, 5.74) is 0.722. The van der Waals surface area contributed by atoms with Gasteiger partial charge < -0.3 is 25.4 Å². The van der Waals surface area contributed by atoms with Crippen LogP contribution in [0.2, 0.25) is 0 Å². The number of rotatable bonds is 12. The van der Waals surface area contributed by atoms with E-state index in [-0.39, 0.29) is 37.1 Å². The fraction of sp³-hybridized carbons (Fsp3) is 0.577. The highest BCUT2D eigenvalue weighted by molar-refractivity contribution is 6.43. The summed E-state index contributed by atoms with van der Waals surface area (Å²) in [7, 11) is 3.04. The van der Waals surface area contributed by atoms with Crippen molar-refractivity contribution in [3.63, 3.8) is 0 Å². The van der Waals surface area contributed by atoms with Crippen LogP contribution in [-0.4, -0.2) is 55.6 Å². The van der Waals surface area contributed by atoms with Crippen molar-refractivity contribution >= 4 is 29.3 Å². The molecule has 0 spiro atoms. The van der Waals surface area contributed by atoms with E-state index in [1.165, 1.54) is 14.2 Å². The molecule has 0 radical (unpaired) electrons. The first kappa shape index (κ1) is 28.8. The molecular weight excluding hydrogens is 464 g/mol. The molecule has 1 unspecified atom stereocenters. The third-order valence-corrected chi connectivity index (χ3v) is 5.90. The van der Waals surface area contributed by atoms with E-state index in [4.69, 9.17) is 9.47 Å². The molecule has 1 fully saturated rings. The number of benzene rings is 1. The fourth-order valence-electron chi connectivity index (χ4n) is 3.97. The molecule has 1 saturated carbocycles. The summed E-state index contributed by atoms with van der Waals surface area (Å²) in [6.07, 6.45) is 4.38. The number of carbonyl (C=O) groups excluding carboxylic acids is 4. The standard InChI is InChI=1S/C26H38N4O6/c1-6-21(23(31)25(33)27-15-17-12-19(35-4)14-20(13-17)36-5)29-24(32)22(11-16(2)3)30-26(34)28-18-9-7-8-10-18/h12-14,16,18,21H,6-11,15H2,1-5H3,(H,27,33)(H,28,34)(H,29,32)/b30-22-. The van der Waals surface area contributed by atoms with Crippen molar-refractivity contribution in [3.05, 3.63) is 23.8 Å². The summed E-state index contributed by atoms with van der Waals surface area (Å²) in [5.74, 6) is -1.07. The molecule has 1 aromatic carbocycles. The van der Waals surface area contributed by atoms with Crippen LogP contribution < -0.4 is 25.4 Å². The minimum atomic E-state index is -1.05. The van der Waals surface area contributed by atoms with Crippen LogP contribution in [0.5, 0.6) is 11.5 Å². The largest absolute Gasteiger partial charge is 0.497 e. The second kappa shape index (κ2) is 14.2. The molecule has 3 N–H and O–H groups in total. The van der Waals surface area contributed by atoms with Gasteiger partial charge in [0.05, 0.1) is 20.3 Å². The Bertz CT molecular complexity index is 947. The molecule has 0 saturated heterocycles. The highest BCUT2D eigenvalue weighted by Crippen LogP contribution is 2.22. The number of aliphatic imine (C=N–C) groups is 1. The van der Waals surface area contributed by atoms with Gasteiger partial charge in [-0.3, -0.25) is 14.4 Å². The SMILES string of the molecule is CCC(NC(=O)/C(CC(C)C)=N\C(=O)NC1CCCC1)C(=O)C(=O)NCc1cc(OC)cc(OC)c1. The summed E-state index contributed by atoms with van der Waals surface area (Å²) in [5, 5.41) is 8.00.